The highest BCUT2D eigenvalue weighted by atomic mass is 32.2. The summed E-state index contributed by atoms with van der Waals surface area (Å²) in [5, 5.41) is 14.0. The minimum atomic E-state index is -1.16. The van der Waals surface area contributed by atoms with E-state index in [2.05, 4.69) is 15.1 Å². The summed E-state index contributed by atoms with van der Waals surface area (Å²) >= 11 is 2.75. The van der Waals surface area contributed by atoms with Crippen LogP contribution in [-0.2, 0) is 9.59 Å². The SMILES string of the molecule is Cc1cc(SCC2=C(C(=O)O)N3C(=O)C(N)C3SC2)n2nc(C(N)=O)nc2n1. The van der Waals surface area contributed by atoms with Crippen LogP contribution < -0.4 is 11.5 Å². The average Bonchev–Trinajstić information content (AvgIpc) is 3.08. The fourth-order valence-electron chi connectivity index (χ4n) is 3.01. The number of carboxylic acids is 1. The summed E-state index contributed by atoms with van der Waals surface area (Å²) in [5.74, 6) is -1.47. The number of aryl methyl sites for hydroxylation is 1. The third-order valence-corrected chi connectivity index (χ3v) is 6.75. The Morgan fingerprint density at radius 2 is 2.18 bits per heavy atom. The van der Waals surface area contributed by atoms with Crippen LogP contribution in [0.1, 0.15) is 16.3 Å². The van der Waals surface area contributed by atoms with Crippen LogP contribution in [0, 0.1) is 6.92 Å². The van der Waals surface area contributed by atoms with Crippen molar-refractivity contribution in [1.82, 2.24) is 24.5 Å². The summed E-state index contributed by atoms with van der Waals surface area (Å²) in [6.07, 6.45) is 0. The topological polar surface area (TPSA) is 170 Å². The Kier molecular flexibility index (Phi) is 4.51. The molecule has 1 saturated heterocycles. The largest absolute Gasteiger partial charge is 0.477 e. The zero-order chi connectivity index (χ0) is 20.2. The van der Waals surface area contributed by atoms with Crippen LogP contribution in [0.15, 0.2) is 22.4 Å². The molecule has 2 unspecified atom stereocenters. The van der Waals surface area contributed by atoms with E-state index in [4.69, 9.17) is 11.5 Å². The monoisotopic (exact) mass is 421 g/mol. The van der Waals surface area contributed by atoms with Gasteiger partial charge in [0, 0.05) is 17.2 Å². The summed E-state index contributed by atoms with van der Waals surface area (Å²) in [5.41, 5.74) is 12.2. The normalized spacial score (nSPS) is 21.6. The molecule has 0 saturated carbocycles. The lowest BCUT2D eigenvalue weighted by Crippen LogP contribution is -2.68. The third kappa shape index (κ3) is 2.91. The molecule has 11 nitrogen and oxygen atoms in total. The van der Waals surface area contributed by atoms with E-state index in [0.29, 0.717) is 27.8 Å². The van der Waals surface area contributed by atoms with Gasteiger partial charge in [0.15, 0.2) is 0 Å². The van der Waals surface area contributed by atoms with Crippen molar-refractivity contribution < 1.29 is 19.5 Å². The molecule has 0 radical (unpaired) electrons. The van der Waals surface area contributed by atoms with E-state index in [0.717, 1.165) is 0 Å². The highest BCUT2D eigenvalue weighted by Crippen LogP contribution is 2.40. The molecule has 0 bridgehead atoms. The zero-order valence-electron chi connectivity index (χ0n) is 14.5. The number of carbonyl (C=O) groups is 3. The third-order valence-electron chi connectivity index (χ3n) is 4.31. The lowest BCUT2D eigenvalue weighted by Gasteiger charge is -2.48. The van der Waals surface area contributed by atoms with E-state index >= 15 is 0 Å². The summed E-state index contributed by atoms with van der Waals surface area (Å²) in [4.78, 5) is 44.6. The van der Waals surface area contributed by atoms with E-state index in [1.54, 1.807) is 13.0 Å². The molecule has 2 amide bonds. The molecule has 2 aromatic heterocycles. The number of rotatable bonds is 5. The van der Waals surface area contributed by atoms with E-state index in [1.807, 2.05) is 0 Å². The van der Waals surface area contributed by atoms with Crippen LogP contribution >= 0.6 is 23.5 Å². The number of nitrogens with two attached hydrogens (primary N) is 2. The molecule has 13 heteroatoms. The Bertz CT molecular complexity index is 1070. The average molecular weight is 421 g/mol. The standard InChI is InChI=1S/C15H15N7O4S2/c1-5-2-7(22-15(18-5)19-11(20-22)10(17)23)27-3-6-4-28-13-8(16)12(24)21(13)9(6)14(25)26/h2,8,13H,3-4,16H2,1H3,(H2,17,23)(H,25,26). The first-order valence-corrected chi connectivity index (χ1v) is 10.1. The smallest absolute Gasteiger partial charge is 0.352 e. The first-order chi connectivity index (χ1) is 13.3. The number of hydrogen-bond acceptors (Lipinski definition) is 9. The Hall–Kier alpha value is -2.64. The number of aliphatic carboxylic acids is 1. The zero-order valence-corrected chi connectivity index (χ0v) is 16.2. The number of hydrogen-bond donors (Lipinski definition) is 3. The van der Waals surface area contributed by atoms with Crippen LogP contribution in [0.4, 0.5) is 0 Å². The molecule has 4 heterocycles. The molecule has 1 fully saturated rings. The first-order valence-electron chi connectivity index (χ1n) is 8.10. The van der Waals surface area contributed by atoms with Gasteiger partial charge in [0.25, 0.3) is 11.7 Å². The second-order valence-electron chi connectivity index (χ2n) is 6.23. The first kappa shape index (κ1) is 18.7. The molecule has 0 aromatic carbocycles. The van der Waals surface area contributed by atoms with Gasteiger partial charge in [-0.15, -0.1) is 28.6 Å². The van der Waals surface area contributed by atoms with Gasteiger partial charge in [0.1, 0.15) is 22.1 Å². The van der Waals surface area contributed by atoms with Crippen molar-refractivity contribution >= 4 is 47.1 Å². The van der Waals surface area contributed by atoms with Crippen molar-refractivity contribution in [2.75, 3.05) is 11.5 Å². The Balaban J connectivity index is 1.66. The highest BCUT2D eigenvalue weighted by molar-refractivity contribution is 8.01. The van der Waals surface area contributed by atoms with Crippen molar-refractivity contribution in [3.63, 3.8) is 0 Å². The fraction of sp³-hybridized carbons (Fsp3) is 0.333. The summed E-state index contributed by atoms with van der Waals surface area (Å²) < 4.78 is 1.39. The van der Waals surface area contributed by atoms with Crippen LogP contribution in [-0.4, -0.2) is 70.3 Å². The number of fused-ring (bicyclic) bond motifs is 2. The van der Waals surface area contributed by atoms with Crippen molar-refractivity contribution in [2.45, 2.75) is 23.4 Å². The van der Waals surface area contributed by atoms with Crippen LogP contribution in [0.2, 0.25) is 0 Å². The van der Waals surface area contributed by atoms with Gasteiger partial charge in [-0.05, 0) is 18.6 Å². The van der Waals surface area contributed by atoms with Gasteiger partial charge in [-0.2, -0.15) is 9.50 Å². The molecular formula is C15H15N7O4S2. The van der Waals surface area contributed by atoms with Gasteiger partial charge in [0.2, 0.25) is 11.7 Å². The second-order valence-corrected chi connectivity index (χ2v) is 8.33. The molecule has 4 rings (SSSR count). The van der Waals surface area contributed by atoms with Crippen LogP contribution in [0.5, 0.6) is 0 Å². The van der Waals surface area contributed by atoms with Crippen molar-refractivity contribution in [3.8, 4) is 0 Å². The molecule has 0 aliphatic carbocycles. The molecular weight excluding hydrogens is 406 g/mol. The number of nitrogens with zero attached hydrogens (tertiary/aromatic N) is 5. The Morgan fingerprint density at radius 1 is 1.43 bits per heavy atom. The van der Waals surface area contributed by atoms with E-state index in [-0.39, 0.29) is 28.6 Å². The maximum Gasteiger partial charge on any atom is 0.352 e. The molecule has 5 N–H and O–H groups in total. The van der Waals surface area contributed by atoms with Crippen molar-refractivity contribution in [2.24, 2.45) is 11.5 Å². The lowest BCUT2D eigenvalue weighted by atomic mass is 10.0. The summed E-state index contributed by atoms with van der Waals surface area (Å²) in [6, 6.07) is 1.08. The van der Waals surface area contributed by atoms with Gasteiger partial charge in [-0.25, -0.2) is 9.78 Å². The van der Waals surface area contributed by atoms with Crippen LogP contribution in [0.3, 0.4) is 0 Å². The maximum atomic E-state index is 12.0. The van der Waals surface area contributed by atoms with E-state index in [9.17, 15) is 19.5 Å². The number of β-lactam (4-membered cyclic amide) rings is 1. The summed E-state index contributed by atoms with van der Waals surface area (Å²) in [6.45, 7) is 1.77. The minimum absolute atomic E-state index is 0.0126. The number of primary amides is 1. The highest BCUT2D eigenvalue weighted by Gasteiger charge is 2.51. The van der Waals surface area contributed by atoms with Gasteiger partial charge in [-0.1, -0.05) is 0 Å². The van der Waals surface area contributed by atoms with E-state index in [1.165, 1.54) is 32.9 Å². The lowest BCUT2D eigenvalue weighted by molar-refractivity contribution is -0.147. The Labute approximate surface area is 166 Å². The Morgan fingerprint density at radius 3 is 2.86 bits per heavy atom. The molecule has 0 spiro atoms. The summed E-state index contributed by atoms with van der Waals surface area (Å²) in [7, 11) is 0. The van der Waals surface area contributed by atoms with E-state index < -0.39 is 17.9 Å². The molecule has 146 valence electrons. The molecule has 2 aliphatic heterocycles. The van der Waals surface area contributed by atoms with Gasteiger partial charge in [0.05, 0.1) is 0 Å². The predicted octanol–water partition coefficient (Wildman–Crippen LogP) is -0.795. The maximum absolute atomic E-state index is 12.0. The number of carbonyl (C=O) groups excluding carboxylic acids is 2. The van der Waals surface area contributed by atoms with Gasteiger partial charge < -0.3 is 16.6 Å². The molecule has 28 heavy (non-hydrogen) atoms. The van der Waals surface area contributed by atoms with Crippen molar-refractivity contribution in [3.05, 3.63) is 28.9 Å². The fourth-order valence-corrected chi connectivity index (χ4v) is 5.49. The second kappa shape index (κ2) is 6.76. The minimum Gasteiger partial charge on any atom is -0.477 e. The van der Waals surface area contributed by atoms with Crippen LogP contribution in [0.25, 0.3) is 5.78 Å². The van der Waals surface area contributed by atoms with Gasteiger partial charge in [-0.3, -0.25) is 14.5 Å². The molecule has 2 atom stereocenters. The number of carboxylic acid groups (broad SMARTS) is 1. The molecule has 2 aliphatic rings. The number of thioether (sulfide) groups is 2. The predicted molar refractivity (Wildman–Crippen MR) is 100 cm³/mol. The van der Waals surface area contributed by atoms with Crippen molar-refractivity contribution in [1.29, 1.82) is 0 Å². The number of amides is 2. The number of aromatic nitrogens is 4. The quantitative estimate of drug-likeness (QED) is 0.316. The molecule has 2 aromatic rings. The van der Waals surface area contributed by atoms with Gasteiger partial charge >= 0.3 is 5.97 Å².